The monoisotopic (exact) mass is 199 g/mol. The van der Waals surface area contributed by atoms with Crippen LogP contribution in [0, 0.1) is 0 Å². The first-order valence-corrected chi connectivity index (χ1v) is 4.19. The van der Waals surface area contributed by atoms with Crippen molar-refractivity contribution in [1.82, 2.24) is 15.1 Å². The molecule has 0 aromatic heterocycles. The molecule has 14 heavy (non-hydrogen) atoms. The zero-order valence-electron chi connectivity index (χ0n) is 7.27. The maximum Gasteiger partial charge on any atom is 0.407 e. The number of imide groups is 1. The largest absolute Gasteiger partial charge is 0.465 e. The van der Waals surface area contributed by atoms with Gasteiger partial charge in [0.2, 0.25) is 0 Å². The summed E-state index contributed by atoms with van der Waals surface area (Å²) in [6.45, 7) is 0.591. The van der Waals surface area contributed by atoms with E-state index in [9.17, 15) is 14.4 Å². The molecule has 0 spiro atoms. The maximum absolute atomic E-state index is 11.2. The molecule has 2 N–H and O–H groups in total. The van der Waals surface area contributed by atoms with E-state index < -0.39 is 24.1 Å². The van der Waals surface area contributed by atoms with Crippen LogP contribution in [-0.2, 0) is 4.79 Å². The Morgan fingerprint density at radius 3 is 2.79 bits per heavy atom. The van der Waals surface area contributed by atoms with Gasteiger partial charge in [-0.3, -0.25) is 10.1 Å². The summed E-state index contributed by atoms with van der Waals surface area (Å²) in [6, 6.07) is -1.07. The zero-order chi connectivity index (χ0) is 10.3. The fraction of sp³-hybridized carbons (Fsp3) is 0.571. The number of piperazine rings is 1. The summed E-state index contributed by atoms with van der Waals surface area (Å²) in [7, 11) is 0. The highest BCUT2D eigenvalue weighted by atomic mass is 16.4. The Bertz CT molecular complexity index is 316. The number of nitrogens with one attached hydrogen (secondary N) is 1. The Kier molecular flexibility index (Phi) is 1.80. The van der Waals surface area contributed by atoms with Crippen LogP contribution in [0.4, 0.5) is 9.59 Å². The van der Waals surface area contributed by atoms with Crippen molar-refractivity contribution in [1.29, 1.82) is 0 Å². The Morgan fingerprint density at radius 2 is 2.14 bits per heavy atom. The number of hydrogen-bond donors (Lipinski definition) is 2. The molecule has 7 nitrogen and oxygen atoms in total. The van der Waals surface area contributed by atoms with E-state index in [-0.39, 0.29) is 19.6 Å². The molecule has 0 radical (unpaired) electrons. The highest BCUT2D eigenvalue weighted by Gasteiger charge is 2.42. The van der Waals surface area contributed by atoms with Gasteiger partial charge in [0.05, 0.1) is 6.54 Å². The number of amides is 4. The number of urea groups is 1. The molecule has 2 saturated heterocycles. The SMILES string of the molecule is O=C1NC(=O)N2CCN(C(=O)O)C[C@@H]12. The number of carbonyl (C=O) groups is 3. The van der Waals surface area contributed by atoms with Crippen molar-refractivity contribution in [3.8, 4) is 0 Å². The van der Waals surface area contributed by atoms with Crippen LogP contribution >= 0.6 is 0 Å². The van der Waals surface area contributed by atoms with Crippen molar-refractivity contribution in [2.75, 3.05) is 19.6 Å². The number of fused-ring (bicyclic) bond motifs is 1. The molecule has 0 saturated carbocycles. The van der Waals surface area contributed by atoms with E-state index in [1.807, 2.05) is 0 Å². The van der Waals surface area contributed by atoms with Crippen LogP contribution in [0.5, 0.6) is 0 Å². The van der Waals surface area contributed by atoms with E-state index in [2.05, 4.69) is 5.32 Å². The van der Waals surface area contributed by atoms with Crippen molar-refractivity contribution in [3.05, 3.63) is 0 Å². The van der Waals surface area contributed by atoms with Gasteiger partial charge in [-0.2, -0.15) is 0 Å². The summed E-state index contributed by atoms with van der Waals surface area (Å²) in [5.74, 6) is -0.416. The lowest BCUT2D eigenvalue weighted by molar-refractivity contribution is -0.122. The predicted octanol–water partition coefficient (Wildman–Crippen LogP) is -1.10. The number of rotatable bonds is 0. The fourth-order valence-corrected chi connectivity index (χ4v) is 1.68. The maximum atomic E-state index is 11.2. The van der Waals surface area contributed by atoms with Gasteiger partial charge in [-0.1, -0.05) is 0 Å². The molecule has 2 rings (SSSR count). The van der Waals surface area contributed by atoms with Gasteiger partial charge in [-0.15, -0.1) is 0 Å². The minimum Gasteiger partial charge on any atom is -0.465 e. The molecular weight excluding hydrogens is 190 g/mol. The average Bonchev–Trinajstić information content (AvgIpc) is 2.42. The highest BCUT2D eigenvalue weighted by Crippen LogP contribution is 2.14. The molecule has 0 aromatic rings. The first kappa shape index (κ1) is 8.79. The molecule has 2 heterocycles. The van der Waals surface area contributed by atoms with Crippen molar-refractivity contribution < 1.29 is 19.5 Å². The molecule has 7 heteroatoms. The molecule has 1 atom stereocenters. The van der Waals surface area contributed by atoms with Crippen molar-refractivity contribution in [3.63, 3.8) is 0 Å². The number of nitrogens with zero attached hydrogens (tertiary/aromatic N) is 2. The Morgan fingerprint density at radius 1 is 1.43 bits per heavy atom. The summed E-state index contributed by atoms with van der Waals surface area (Å²) in [5, 5.41) is 10.8. The van der Waals surface area contributed by atoms with Crippen molar-refractivity contribution in [2.45, 2.75) is 6.04 Å². The van der Waals surface area contributed by atoms with Crippen LogP contribution in [-0.4, -0.2) is 58.6 Å². The van der Waals surface area contributed by atoms with E-state index in [0.717, 1.165) is 4.90 Å². The third kappa shape index (κ3) is 1.17. The summed E-state index contributed by atoms with van der Waals surface area (Å²) in [6.07, 6.45) is -1.06. The summed E-state index contributed by atoms with van der Waals surface area (Å²) in [4.78, 5) is 35.4. The minimum absolute atomic E-state index is 0.0624. The molecule has 0 bridgehead atoms. The molecular formula is C7H9N3O4. The van der Waals surface area contributed by atoms with E-state index >= 15 is 0 Å². The molecule has 0 aliphatic carbocycles. The third-order valence-corrected chi connectivity index (χ3v) is 2.44. The second kappa shape index (κ2) is 2.86. The number of carboxylic acid groups (broad SMARTS) is 1. The fourth-order valence-electron chi connectivity index (χ4n) is 1.68. The molecule has 2 aliphatic heterocycles. The quantitative estimate of drug-likeness (QED) is 0.484. The standard InChI is InChI=1S/C7H9N3O4/c11-5-4-3-9(7(13)14)1-2-10(4)6(12)8-5/h4H,1-3H2,(H,13,14)(H,8,11,12)/t4-/m0/s1. The lowest BCUT2D eigenvalue weighted by atomic mass is 10.2. The molecule has 0 unspecified atom stereocenters. The van der Waals surface area contributed by atoms with E-state index in [1.54, 1.807) is 0 Å². The van der Waals surface area contributed by atoms with E-state index in [4.69, 9.17) is 5.11 Å². The summed E-state index contributed by atoms with van der Waals surface area (Å²) >= 11 is 0. The topological polar surface area (TPSA) is 90.0 Å². The number of hydrogen-bond acceptors (Lipinski definition) is 3. The van der Waals surface area contributed by atoms with Gasteiger partial charge in [-0.05, 0) is 0 Å². The second-order valence-corrected chi connectivity index (χ2v) is 3.23. The lowest BCUT2D eigenvalue weighted by Gasteiger charge is -2.33. The van der Waals surface area contributed by atoms with Crippen LogP contribution < -0.4 is 5.32 Å². The van der Waals surface area contributed by atoms with Gasteiger partial charge in [-0.25, -0.2) is 9.59 Å². The Balaban J connectivity index is 2.13. The molecule has 4 amide bonds. The normalized spacial score (nSPS) is 26.1. The molecule has 2 fully saturated rings. The van der Waals surface area contributed by atoms with Crippen molar-refractivity contribution >= 4 is 18.0 Å². The van der Waals surface area contributed by atoms with Crippen LogP contribution in [0.2, 0.25) is 0 Å². The van der Waals surface area contributed by atoms with Gasteiger partial charge < -0.3 is 14.9 Å². The van der Waals surface area contributed by atoms with Crippen LogP contribution in [0.15, 0.2) is 0 Å². The van der Waals surface area contributed by atoms with Gasteiger partial charge in [0, 0.05) is 13.1 Å². The molecule has 2 aliphatic rings. The molecule has 0 aromatic carbocycles. The third-order valence-electron chi connectivity index (χ3n) is 2.44. The van der Waals surface area contributed by atoms with Gasteiger partial charge in [0.15, 0.2) is 0 Å². The molecule has 76 valence electrons. The predicted molar refractivity (Wildman–Crippen MR) is 43.6 cm³/mol. The zero-order valence-corrected chi connectivity index (χ0v) is 7.27. The van der Waals surface area contributed by atoms with Gasteiger partial charge in [0.25, 0.3) is 5.91 Å². The van der Waals surface area contributed by atoms with E-state index in [1.165, 1.54) is 4.90 Å². The Labute approximate surface area is 79.3 Å². The first-order valence-electron chi connectivity index (χ1n) is 4.19. The number of carbonyl (C=O) groups excluding carboxylic acids is 2. The van der Waals surface area contributed by atoms with E-state index in [0.29, 0.717) is 0 Å². The van der Waals surface area contributed by atoms with Crippen LogP contribution in [0.1, 0.15) is 0 Å². The highest BCUT2D eigenvalue weighted by molar-refractivity contribution is 6.04. The van der Waals surface area contributed by atoms with Crippen molar-refractivity contribution in [2.24, 2.45) is 0 Å². The first-order chi connectivity index (χ1) is 6.59. The van der Waals surface area contributed by atoms with Crippen LogP contribution in [0.3, 0.4) is 0 Å². The average molecular weight is 199 g/mol. The second-order valence-electron chi connectivity index (χ2n) is 3.23. The smallest absolute Gasteiger partial charge is 0.407 e. The lowest BCUT2D eigenvalue weighted by Crippen LogP contribution is -2.54. The minimum atomic E-state index is -1.06. The van der Waals surface area contributed by atoms with Crippen LogP contribution in [0.25, 0.3) is 0 Å². The van der Waals surface area contributed by atoms with Gasteiger partial charge in [0.1, 0.15) is 6.04 Å². The summed E-state index contributed by atoms with van der Waals surface area (Å²) in [5.41, 5.74) is 0. The van der Waals surface area contributed by atoms with Gasteiger partial charge >= 0.3 is 12.1 Å². The summed E-state index contributed by atoms with van der Waals surface area (Å²) < 4.78 is 0. The Hall–Kier alpha value is -1.79.